The van der Waals surface area contributed by atoms with Crippen LogP contribution in [0.3, 0.4) is 0 Å². The van der Waals surface area contributed by atoms with Crippen molar-refractivity contribution in [3.63, 3.8) is 0 Å². The average Bonchev–Trinajstić information content (AvgIpc) is 3.25. The van der Waals surface area contributed by atoms with Crippen LogP contribution in [0.2, 0.25) is 0 Å². The number of piperazine rings is 1. The first-order valence-corrected chi connectivity index (χ1v) is 10.8. The second-order valence-electron chi connectivity index (χ2n) is 7.86. The molecule has 0 amide bonds. The van der Waals surface area contributed by atoms with E-state index in [4.69, 9.17) is 9.97 Å². The van der Waals surface area contributed by atoms with E-state index in [1.807, 2.05) is 53.3 Å². The van der Waals surface area contributed by atoms with Crippen LogP contribution in [-0.2, 0) is 0 Å². The Labute approximate surface area is 182 Å². The van der Waals surface area contributed by atoms with E-state index in [0.29, 0.717) is 0 Å². The summed E-state index contributed by atoms with van der Waals surface area (Å²) in [5, 5.41) is 9.09. The van der Waals surface area contributed by atoms with Crippen molar-refractivity contribution >= 4 is 28.5 Å². The van der Waals surface area contributed by atoms with Gasteiger partial charge in [0, 0.05) is 31.9 Å². The molecule has 0 spiro atoms. The molecule has 7 heteroatoms. The minimum absolute atomic E-state index is 0.747. The molecule has 0 aliphatic carbocycles. The summed E-state index contributed by atoms with van der Waals surface area (Å²) in [4.78, 5) is 14.6. The molecule has 0 atom stereocenters. The summed E-state index contributed by atoms with van der Waals surface area (Å²) >= 11 is 0. The van der Waals surface area contributed by atoms with Crippen LogP contribution in [0.1, 0.15) is 12.5 Å². The van der Waals surface area contributed by atoms with Crippen molar-refractivity contribution in [1.29, 1.82) is 0 Å². The smallest absolute Gasteiger partial charge is 0.229 e. The number of fused-ring (bicyclic) bond motifs is 1. The summed E-state index contributed by atoms with van der Waals surface area (Å²) in [6, 6.07) is 18.4. The Balaban J connectivity index is 1.61. The van der Waals surface area contributed by atoms with Gasteiger partial charge < -0.3 is 15.1 Å². The number of likely N-dealkylation sites (N-methyl/N-ethyl adjacent to an activating group) is 1. The number of hydrogen-bond acceptors (Lipinski definition) is 6. The molecule has 0 unspecified atom stereocenters. The molecule has 2 aromatic carbocycles. The summed E-state index contributed by atoms with van der Waals surface area (Å²) < 4.78 is 1.89. The number of aryl methyl sites for hydroxylation is 1. The van der Waals surface area contributed by atoms with Crippen LogP contribution in [0.15, 0.2) is 60.8 Å². The van der Waals surface area contributed by atoms with E-state index < -0.39 is 0 Å². The molecule has 7 nitrogen and oxygen atoms in total. The van der Waals surface area contributed by atoms with Crippen molar-refractivity contribution in [3.05, 3.63) is 66.4 Å². The van der Waals surface area contributed by atoms with Gasteiger partial charge >= 0.3 is 0 Å². The quantitative estimate of drug-likeness (QED) is 0.533. The lowest BCUT2D eigenvalue weighted by molar-refractivity contribution is 0.270. The van der Waals surface area contributed by atoms with Gasteiger partial charge in [0.25, 0.3) is 0 Å². The minimum atomic E-state index is 0.747. The maximum atomic E-state index is 4.97. The van der Waals surface area contributed by atoms with E-state index >= 15 is 0 Å². The molecule has 1 aliphatic heterocycles. The molecule has 31 heavy (non-hydrogen) atoms. The number of benzene rings is 2. The van der Waals surface area contributed by atoms with E-state index in [1.165, 1.54) is 5.56 Å². The van der Waals surface area contributed by atoms with E-state index in [2.05, 4.69) is 46.2 Å². The van der Waals surface area contributed by atoms with Gasteiger partial charge in [-0.05, 0) is 37.2 Å². The highest BCUT2D eigenvalue weighted by molar-refractivity contribution is 5.90. The molecule has 1 saturated heterocycles. The molecule has 0 saturated carbocycles. The van der Waals surface area contributed by atoms with Crippen molar-refractivity contribution in [2.75, 3.05) is 42.9 Å². The van der Waals surface area contributed by atoms with Crippen molar-refractivity contribution < 1.29 is 0 Å². The van der Waals surface area contributed by atoms with Gasteiger partial charge in [-0.2, -0.15) is 15.1 Å². The maximum Gasteiger partial charge on any atom is 0.229 e. The first-order chi connectivity index (χ1) is 15.2. The number of aromatic nitrogens is 4. The highest BCUT2D eigenvalue weighted by atomic mass is 15.4. The third kappa shape index (κ3) is 3.84. The Morgan fingerprint density at radius 1 is 0.903 bits per heavy atom. The standard InChI is InChI=1S/C24H27N7/c1-3-29-13-15-30(16-14-29)24-27-22(26-21-12-8-7-9-18(21)2)20-17-25-31(23(20)28-24)19-10-5-4-6-11-19/h4-12,17H,3,13-16H2,1-2H3,(H,26,27,28). The van der Waals surface area contributed by atoms with Crippen LogP contribution in [-0.4, -0.2) is 57.4 Å². The number of rotatable bonds is 5. The van der Waals surface area contributed by atoms with E-state index in [0.717, 1.165) is 66.9 Å². The van der Waals surface area contributed by atoms with E-state index in [1.54, 1.807) is 0 Å². The normalized spacial score (nSPS) is 14.8. The molecule has 1 fully saturated rings. The second-order valence-corrected chi connectivity index (χ2v) is 7.86. The van der Waals surface area contributed by atoms with Crippen molar-refractivity contribution in [3.8, 4) is 5.69 Å². The van der Waals surface area contributed by atoms with Crippen LogP contribution in [0.4, 0.5) is 17.5 Å². The lowest BCUT2D eigenvalue weighted by Crippen LogP contribution is -2.46. The van der Waals surface area contributed by atoms with Gasteiger partial charge in [-0.25, -0.2) is 4.68 Å². The fraction of sp³-hybridized carbons (Fsp3) is 0.292. The molecule has 0 bridgehead atoms. The molecule has 3 heterocycles. The predicted octanol–water partition coefficient (Wildman–Crippen LogP) is 4.01. The van der Waals surface area contributed by atoms with Crippen LogP contribution >= 0.6 is 0 Å². The van der Waals surface area contributed by atoms with Crippen molar-refractivity contribution in [2.45, 2.75) is 13.8 Å². The molecular formula is C24H27N7. The monoisotopic (exact) mass is 413 g/mol. The molecule has 1 aliphatic rings. The lowest BCUT2D eigenvalue weighted by Gasteiger charge is -2.34. The zero-order valence-corrected chi connectivity index (χ0v) is 18.0. The first kappa shape index (κ1) is 19.5. The Morgan fingerprint density at radius 3 is 2.39 bits per heavy atom. The average molecular weight is 414 g/mol. The zero-order chi connectivity index (χ0) is 21.2. The summed E-state index contributed by atoms with van der Waals surface area (Å²) in [6.07, 6.45) is 1.85. The summed E-state index contributed by atoms with van der Waals surface area (Å²) in [7, 11) is 0. The summed E-state index contributed by atoms with van der Waals surface area (Å²) in [5.74, 6) is 1.53. The summed E-state index contributed by atoms with van der Waals surface area (Å²) in [6.45, 7) is 9.27. The molecule has 1 N–H and O–H groups in total. The Hall–Kier alpha value is -3.45. The fourth-order valence-corrected chi connectivity index (χ4v) is 4.00. The molecule has 158 valence electrons. The largest absolute Gasteiger partial charge is 0.339 e. The molecule has 0 radical (unpaired) electrons. The third-order valence-electron chi connectivity index (χ3n) is 5.92. The summed E-state index contributed by atoms with van der Waals surface area (Å²) in [5.41, 5.74) is 4.00. The minimum Gasteiger partial charge on any atom is -0.339 e. The molecule has 2 aromatic heterocycles. The third-order valence-corrected chi connectivity index (χ3v) is 5.92. The van der Waals surface area contributed by atoms with Gasteiger partial charge in [-0.1, -0.05) is 43.3 Å². The van der Waals surface area contributed by atoms with E-state index in [-0.39, 0.29) is 0 Å². The number of nitrogens with one attached hydrogen (secondary N) is 1. The van der Waals surface area contributed by atoms with Crippen LogP contribution in [0.5, 0.6) is 0 Å². The van der Waals surface area contributed by atoms with E-state index in [9.17, 15) is 0 Å². The fourth-order valence-electron chi connectivity index (χ4n) is 4.00. The molecule has 5 rings (SSSR count). The van der Waals surface area contributed by atoms with Gasteiger partial charge in [-0.15, -0.1) is 0 Å². The van der Waals surface area contributed by atoms with Crippen LogP contribution in [0, 0.1) is 6.92 Å². The maximum absolute atomic E-state index is 4.97. The highest BCUT2D eigenvalue weighted by Gasteiger charge is 2.21. The molecule has 4 aromatic rings. The molecular weight excluding hydrogens is 386 g/mol. The van der Waals surface area contributed by atoms with Crippen LogP contribution < -0.4 is 10.2 Å². The first-order valence-electron chi connectivity index (χ1n) is 10.8. The Kier molecular flexibility index (Phi) is 5.26. The van der Waals surface area contributed by atoms with Crippen molar-refractivity contribution in [1.82, 2.24) is 24.6 Å². The van der Waals surface area contributed by atoms with Crippen LogP contribution in [0.25, 0.3) is 16.7 Å². The SMILES string of the molecule is CCN1CCN(c2nc(Nc3ccccc3C)c3cnn(-c4ccccc4)c3n2)CC1. The van der Waals surface area contributed by atoms with Gasteiger partial charge in [0.05, 0.1) is 17.3 Å². The number of hydrogen-bond donors (Lipinski definition) is 1. The van der Waals surface area contributed by atoms with Crippen molar-refractivity contribution in [2.24, 2.45) is 0 Å². The topological polar surface area (TPSA) is 62.1 Å². The Bertz CT molecular complexity index is 1180. The number of para-hydroxylation sites is 2. The predicted molar refractivity (Wildman–Crippen MR) is 125 cm³/mol. The second kappa shape index (κ2) is 8.35. The van der Waals surface area contributed by atoms with Gasteiger partial charge in [0.15, 0.2) is 5.65 Å². The van der Waals surface area contributed by atoms with Gasteiger partial charge in [0.2, 0.25) is 5.95 Å². The zero-order valence-electron chi connectivity index (χ0n) is 18.0. The highest BCUT2D eigenvalue weighted by Crippen LogP contribution is 2.29. The lowest BCUT2D eigenvalue weighted by atomic mass is 10.2. The Morgan fingerprint density at radius 2 is 1.65 bits per heavy atom. The van der Waals surface area contributed by atoms with Gasteiger partial charge in [-0.3, -0.25) is 0 Å². The van der Waals surface area contributed by atoms with Gasteiger partial charge in [0.1, 0.15) is 5.82 Å². The number of nitrogens with zero attached hydrogens (tertiary/aromatic N) is 6. The number of anilines is 3.